The van der Waals surface area contributed by atoms with E-state index >= 15 is 0 Å². The lowest BCUT2D eigenvalue weighted by Gasteiger charge is -2.26. The minimum atomic E-state index is -3.46. The van der Waals surface area contributed by atoms with Gasteiger partial charge in [-0.1, -0.05) is 24.6 Å². The Morgan fingerprint density at radius 2 is 1.80 bits per heavy atom. The molecule has 1 fully saturated rings. The molecule has 1 heterocycles. The van der Waals surface area contributed by atoms with E-state index in [1.807, 2.05) is 0 Å². The lowest BCUT2D eigenvalue weighted by atomic mass is 10.2. The molecule has 0 unspecified atom stereocenters. The van der Waals surface area contributed by atoms with Gasteiger partial charge in [0.05, 0.1) is 11.4 Å². The summed E-state index contributed by atoms with van der Waals surface area (Å²) in [7, 11) is -3.46. The molecule has 20 heavy (non-hydrogen) atoms. The molecule has 0 aliphatic carbocycles. The van der Waals surface area contributed by atoms with Crippen molar-refractivity contribution in [3.8, 4) is 0 Å². The third-order valence-corrected chi connectivity index (χ3v) is 5.34. The van der Waals surface area contributed by atoms with Gasteiger partial charge in [0.15, 0.2) is 5.96 Å². The van der Waals surface area contributed by atoms with Crippen molar-refractivity contribution in [2.75, 3.05) is 13.1 Å². The lowest BCUT2D eigenvalue weighted by Crippen LogP contribution is -2.36. The van der Waals surface area contributed by atoms with Gasteiger partial charge in [-0.2, -0.15) is 4.31 Å². The molecule has 1 aromatic rings. The normalized spacial score (nSPS) is 16.8. The largest absolute Gasteiger partial charge is 0.370 e. The lowest BCUT2D eigenvalue weighted by molar-refractivity contribution is 0.346. The summed E-state index contributed by atoms with van der Waals surface area (Å²) in [4.78, 5) is 4.20. The summed E-state index contributed by atoms with van der Waals surface area (Å²) in [5, 5.41) is 0. The molecular weight excluding hydrogens is 276 g/mol. The molecule has 2 rings (SSSR count). The van der Waals surface area contributed by atoms with Crippen molar-refractivity contribution in [3.05, 3.63) is 29.8 Å². The predicted molar refractivity (Wildman–Crippen MR) is 78.6 cm³/mol. The number of piperidine rings is 1. The molecular formula is C13H20N4O2S. The number of aliphatic imine (C=N–C) groups is 1. The van der Waals surface area contributed by atoms with Crippen molar-refractivity contribution in [3.63, 3.8) is 0 Å². The molecule has 110 valence electrons. The maximum Gasteiger partial charge on any atom is 0.243 e. The minimum absolute atomic E-state index is 0.0461. The van der Waals surface area contributed by atoms with Crippen LogP contribution in [0.2, 0.25) is 0 Å². The predicted octanol–water partition coefficient (Wildman–Crippen LogP) is 0.635. The first kappa shape index (κ1) is 14.8. The van der Waals surface area contributed by atoms with E-state index in [-0.39, 0.29) is 12.5 Å². The van der Waals surface area contributed by atoms with Gasteiger partial charge in [-0.25, -0.2) is 13.4 Å². The van der Waals surface area contributed by atoms with Crippen molar-refractivity contribution in [1.82, 2.24) is 4.31 Å². The Bertz CT molecular complexity index is 588. The van der Waals surface area contributed by atoms with Crippen LogP contribution in [0.15, 0.2) is 34.2 Å². The second-order valence-corrected chi connectivity index (χ2v) is 6.72. The number of benzene rings is 1. The van der Waals surface area contributed by atoms with Crippen LogP contribution >= 0.6 is 0 Å². The topological polar surface area (TPSA) is 102 Å². The molecule has 0 aromatic heterocycles. The molecule has 6 nitrogen and oxygen atoms in total. The van der Waals surface area contributed by atoms with E-state index < -0.39 is 10.0 Å². The Labute approximate surface area is 119 Å². The highest BCUT2D eigenvalue weighted by Gasteiger charge is 2.27. The molecule has 1 aromatic carbocycles. The highest BCUT2D eigenvalue weighted by Crippen LogP contribution is 2.23. The Morgan fingerprint density at radius 3 is 2.45 bits per heavy atom. The van der Waals surface area contributed by atoms with Gasteiger partial charge in [0.2, 0.25) is 10.0 Å². The van der Waals surface area contributed by atoms with Gasteiger partial charge in [0.1, 0.15) is 0 Å². The SMILES string of the molecule is NC(N)=NCc1ccccc1S(=O)(=O)N1CCCCC1. The molecule has 0 amide bonds. The maximum atomic E-state index is 12.7. The minimum Gasteiger partial charge on any atom is -0.370 e. The number of nitrogens with two attached hydrogens (primary N) is 2. The smallest absolute Gasteiger partial charge is 0.243 e. The van der Waals surface area contributed by atoms with Gasteiger partial charge >= 0.3 is 0 Å². The number of guanidine groups is 1. The summed E-state index contributed by atoms with van der Waals surface area (Å²) >= 11 is 0. The standard InChI is InChI=1S/C13H20N4O2S/c14-13(15)16-10-11-6-2-3-7-12(11)20(18,19)17-8-4-1-5-9-17/h2-3,6-7H,1,4-5,8-10H2,(H4,14,15,16). The summed E-state index contributed by atoms with van der Waals surface area (Å²) < 4.78 is 26.9. The zero-order valence-corrected chi connectivity index (χ0v) is 12.1. The average Bonchev–Trinajstić information content (AvgIpc) is 2.46. The summed E-state index contributed by atoms with van der Waals surface area (Å²) in [5.41, 5.74) is 11.2. The number of sulfonamides is 1. The van der Waals surface area contributed by atoms with Crippen LogP contribution in [0.5, 0.6) is 0 Å². The zero-order valence-electron chi connectivity index (χ0n) is 11.3. The van der Waals surface area contributed by atoms with E-state index in [0.29, 0.717) is 23.5 Å². The second-order valence-electron chi connectivity index (χ2n) is 4.81. The van der Waals surface area contributed by atoms with Gasteiger partial charge in [-0.05, 0) is 24.5 Å². The molecule has 1 aliphatic heterocycles. The van der Waals surface area contributed by atoms with Crippen LogP contribution in [-0.4, -0.2) is 31.8 Å². The van der Waals surface area contributed by atoms with Gasteiger partial charge in [-0.15, -0.1) is 0 Å². The van der Waals surface area contributed by atoms with E-state index in [4.69, 9.17) is 11.5 Å². The molecule has 0 bridgehead atoms. The van der Waals surface area contributed by atoms with E-state index in [1.165, 1.54) is 0 Å². The monoisotopic (exact) mass is 296 g/mol. The zero-order chi connectivity index (χ0) is 14.6. The number of rotatable bonds is 4. The van der Waals surface area contributed by atoms with E-state index in [0.717, 1.165) is 19.3 Å². The third kappa shape index (κ3) is 3.29. The number of hydrogen-bond donors (Lipinski definition) is 2. The quantitative estimate of drug-likeness (QED) is 0.628. The van der Waals surface area contributed by atoms with Crippen LogP contribution in [0, 0.1) is 0 Å². The number of hydrogen-bond acceptors (Lipinski definition) is 3. The van der Waals surface area contributed by atoms with Crippen LogP contribution in [0.25, 0.3) is 0 Å². The Hall–Kier alpha value is -1.60. The van der Waals surface area contributed by atoms with Crippen molar-refractivity contribution in [2.24, 2.45) is 16.5 Å². The van der Waals surface area contributed by atoms with Crippen LogP contribution in [-0.2, 0) is 16.6 Å². The molecule has 1 saturated heterocycles. The molecule has 0 spiro atoms. The molecule has 4 N–H and O–H groups in total. The number of nitrogens with zero attached hydrogens (tertiary/aromatic N) is 2. The fourth-order valence-corrected chi connectivity index (χ4v) is 4.04. The molecule has 0 atom stereocenters. The van der Waals surface area contributed by atoms with Crippen LogP contribution in [0.4, 0.5) is 0 Å². The first-order valence-electron chi connectivity index (χ1n) is 6.65. The van der Waals surface area contributed by atoms with Crippen molar-refractivity contribution >= 4 is 16.0 Å². The van der Waals surface area contributed by atoms with Crippen LogP contribution < -0.4 is 11.5 Å². The van der Waals surface area contributed by atoms with Gasteiger partial charge in [-0.3, -0.25) is 0 Å². The molecule has 1 aliphatic rings. The second kappa shape index (κ2) is 6.23. The summed E-state index contributed by atoms with van der Waals surface area (Å²) in [6.07, 6.45) is 2.91. The first-order valence-corrected chi connectivity index (χ1v) is 8.09. The van der Waals surface area contributed by atoms with E-state index in [9.17, 15) is 8.42 Å². The molecule has 0 saturated carbocycles. The fraction of sp³-hybridized carbons (Fsp3) is 0.462. The molecule has 7 heteroatoms. The van der Waals surface area contributed by atoms with Crippen molar-refractivity contribution < 1.29 is 8.42 Å². The molecule has 0 radical (unpaired) electrons. The fourth-order valence-electron chi connectivity index (χ4n) is 2.31. The Balaban J connectivity index is 2.33. The van der Waals surface area contributed by atoms with Gasteiger partial charge < -0.3 is 11.5 Å². The first-order chi connectivity index (χ1) is 9.51. The van der Waals surface area contributed by atoms with Gasteiger partial charge in [0.25, 0.3) is 0 Å². The summed E-state index contributed by atoms with van der Waals surface area (Å²) in [6, 6.07) is 6.85. The summed E-state index contributed by atoms with van der Waals surface area (Å²) in [5.74, 6) is -0.0461. The highest BCUT2D eigenvalue weighted by molar-refractivity contribution is 7.89. The van der Waals surface area contributed by atoms with E-state index in [1.54, 1.807) is 28.6 Å². The third-order valence-electron chi connectivity index (χ3n) is 3.34. The Morgan fingerprint density at radius 1 is 1.15 bits per heavy atom. The summed E-state index contributed by atoms with van der Waals surface area (Å²) in [6.45, 7) is 1.34. The average molecular weight is 296 g/mol. The highest BCUT2D eigenvalue weighted by atomic mass is 32.2. The van der Waals surface area contributed by atoms with Crippen LogP contribution in [0.3, 0.4) is 0 Å². The van der Waals surface area contributed by atoms with Crippen LogP contribution in [0.1, 0.15) is 24.8 Å². The van der Waals surface area contributed by atoms with Crippen molar-refractivity contribution in [1.29, 1.82) is 0 Å². The maximum absolute atomic E-state index is 12.7. The Kier molecular flexibility index (Phi) is 4.61. The van der Waals surface area contributed by atoms with Gasteiger partial charge in [0, 0.05) is 13.1 Å². The van der Waals surface area contributed by atoms with E-state index in [2.05, 4.69) is 4.99 Å². The van der Waals surface area contributed by atoms with Crippen molar-refractivity contribution in [2.45, 2.75) is 30.7 Å².